The summed E-state index contributed by atoms with van der Waals surface area (Å²) in [5.74, 6) is -5.86. The molecular formula is C29H27ClN7O10S2+. The highest BCUT2D eigenvalue weighted by atomic mass is 35.5. The van der Waals surface area contributed by atoms with Gasteiger partial charge in [0.05, 0.1) is 16.3 Å². The zero-order valence-corrected chi connectivity index (χ0v) is 27.8. The van der Waals surface area contributed by atoms with Crippen molar-refractivity contribution in [1.29, 1.82) is 0 Å². The number of amides is 3. The van der Waals surface area contributed by atoms with Crippen LogP contribution in [0.1, 0.15) is 29.9 Å². The molecule has 49 heavy (non-hydrogen) atoms. The summed E-state index contributed by atoms with van der Waals surface area (Å²) in [6.45, 7) is 2.52. The van der Waals surface area contributed by atoms with Gasteiger partial charge in [0.1, 0.15) is 22.8 Å². The summed E-state index contributed by atoms with van der Waals surface area (Å²) < 4.78 is 1.64. The number of aromatic hydroxyl groups is 2. The lowest BCUT2D eigenvalue weighted by atomic mass is 10.0. The number of pyridine rings is 1. The van der Waals surface area contributed by atoms with Crippen LogP contribution >= 0.6 is 34.7 Å². The number of fused-ring (bicyclic) bond motifs is 1. The van der Waals surface area contributed by atoms with Crippen LogP contribution in [-0.2, 0) is 30.6 Å². The van der Waals surface area contributed by atoms with E-state index in [1.54, 1.807) is 29.1 Å². The molecule has 20 heteroatoms. The molecule has 5 rings (SSSR count). The summed E-state index contributed by atoms with van der Waals surface area (Å²) >= 11 is 8.19. The van der Waals surface area contributed by atoms with Crippen LogP contribution in [0.2, 0.25) is 5.02 Å². The van der Waals surface area contributed by atoms with E-state index in [2.05, 4.69) is 20.8 Å². The van der Waals surface area contributed by atoms with Crippen molar-refractivity contribution >= 4 is 80.9 Å². The molecule has 2 aliphatic rings. The largest absolute Gasteiger partial charge is 0.504 e. The maximum atomic E-state index is 13.3. The number of benzene rings is 1. The lowest BCUT2D eigenvalue weighted by Gasteiger charge is -2.49. The molecule has 3 aromatic rings. The smallest absolute Gasteiger partial charge is 0.352 e. The number of carboxylic acid groups (broad SMARTS) is 2. The Morgan fingerprint density at radius 2 is 1.88 bits per heavy atom. The second kappa shape index (κ2) is 13.6. The predicted octanol–water partition coefficient (Wildman–Crippen LogP) is 1.35. The molecule has 0 radical (unpaired) electrons. The van der Waals surface area contributed by atoms with Crippen molar-refractivity contribution in [2.24, 2.45) is 5.16 Å². The number of nitrogens with one attached hydrogen (secondary N) is 2. The number of carbonyl (C=O) groups is 5. The van der Waals surface area contributed by atoms with Crippen LogP contribution in [0.3, 0.4) is 0 Å². The minimum Gasteiger partial charge on any atom is -0.504 e. The van der Waals surface area contributed by atoms with Crippen LogP contribution in [0.5, 0.6) is 11.5 Å². The third kappa shape index (κ3) is 7.08. The zero-order valence-electron chi connectivity index (χ0n) is 25.4. The van der Waals surface area contributed by atoms with Gasteiger partial charge in [-0.3, -0.25) is 19.3 Å². The first-order valence-electron chi connectivity index (χ1n) is 14.0. The number of nitrogens with zero attached hydrogens (tertiary/aromatic N) is 4. The highest BCUT2D eigenvalue weighted by Crippen LogP contribution is 2.40. The number of aromatic nitrogens is 2. The van der Waals surface area contributed by atoms with E-state index in [9.17, 15) is 44.4 Å². The quantitative estimate of drug-likeness (QED) is 0.0484. The van der Waals surface area contributed by atoms with E-state index >= 15 is 0 Å². The van der Waals surface area contributed by atoms with Gasteiger partial charge in [-0.15, -0.1) is 23.1 Å². The van der Waals surface area contributed by atoms with Crippen LogP contribution in [0.15, 0.2) is 58.5 Å². The van der Waals surface area contributed by atoms with E-state index in [4.69, 9.17) is 22.2 Å². The van der Waals surface area contributed by atoms with E-state index in [1.807, 2.05) is 0 Å². The normalized spacial score (nSPS) is 17.6. The van der Waals surface area contributed by atoms with E-state index in [0.717, 1.165) is 22.3 Å². The molecule has 0 saturated carbocycles. The number of anilines is 2. The SMILES string of the molecule is CC(C)(O/N=C(\C(=O)N[C@@H]1C(=O)N2C(C(=O)O)=C(C[n+]3ccc(NC(=O)c4ccc(O)c(O)c4Cl)cc3)CS[C@H]12)c1csc(N)n1)C(=O)O. The van der Waals surface area contributed by atoms with Gasteiger partial charge in [0, 0.05) is 28.8 Å². The fraction of sp³-hybridized carbons (Fsp3) is 0.241. The molecule has 3 amide bonds. The number of hydrogen-bond acceptors (Lipinski definition) is 13. The molecule has 256 valence electrons. The number of nitrogen functional groups attached to an aromatic ring is 1. The second-order valence-corrected chi connectivity index (χ2v) is 13.4. The Morgan fingerprint density at radius 3 is 2.49 bits per heavy atom. The maximum absolute atomic E-state index is 13.3. The molecule has 0 unspecified atom stereocenters. The van der Waals surface area contributed by atoms with Crippen LogP contribution in [0, 0.1) is 0 Å². The summed E-state index contributed by atoms with van der Waals surface area (Å²) in [4.78, 5) is 73.3. The zero-order chi connectivity index (χ0) is 35.8. The number of halogens is 1. The fourth-order valence-electron chi connectivity index (χ4n) is 4.61. The van der Waals surface area contributed by atoms with Crippen LogP contribution in [0.4, 0.5) is 10.8 Å². The fourth-order valence-corrected chi connectivity index (χ4v) is 6.74. The number of oxime groups is 1. The Balaban J connectivity index is 1.29. The third-order valence-corrected chi connectivity index (χ3v) is 9.65. The molecule has 0 aliphatic carbocycles. The minimum atomic E-state index is -1.80. The number of aliphatic carboxylic acids is 2. The number of carboxylic acids is 2. The average molecular weight is 733 g/mol. The molecular weight excluding hydrogens is 706 g/mol. The third-order valence-electron chi connectivity index (χ3n) is 7.26. The number of carbonyl (C=O) groups excluding carboxylic acids is 3. The number of thiazole rings is 1. The number of hydrogen-bond donors (Lipinski definition) is 7. The minimum absolute atomic E-state index is 0.0134. The van der Waals surface area contributed by atoms with Gasteiger partial charge in [0.15, 0.2) is 41.3 Å². The molecule has 4 heterocycles. The second-order valence-electron chi connectivity index (χ2n) is 11.0. The van der Waals surface area contributed by atoms with Crippen molar-refractivity contribution in [2.75, 3.05) is 16.8 Å². The number of β-lactam (4-membered cyclic amide) rings is 1. The van der Waals surface area contributed by atoms with Gasteiger partial charge in [-0.05, 0) is 26.0 Å². The molecule has 2 aromatic heterocycles. The first-order chi connectivity index (χ1) is 23.1. The van der Waals surface area contributed by atoms with Gasteiger partial charge in [-0.1, -0.05) is 16.8 Å². The Bertz CT molecular complexity index is 1950. The summed E-state index contributed by atoms with van der Waals surface area (Å²) in [6, 6.07) is 4.32. The summed E-state index contributed by atoms with van der Waals surface area (Å²) in [6.07, 6.45) is 3.16. The van der Waals surface area contributed by atoms with Crippen molar-refractivity contribution in [1.82, 2.24) is 15.2 Å². The van der Waals surface area contributed by atoms with Gasteiger partial charge < -0.3 is 41.6 Å². The number of nitrogens with two attached hydrogens (primary N) is 1. The van der Waals surface area contributed by atoms with E-state index in [0.29, 0.717) is 11.3 Å². The topological polar surface area (TPSA) is 258 Å². The van der Waals surface area contributed by atoms with E-state index < -0.39 is 63.9 Å². The van der Waals surface area contributed by atoms with E-state index in [-0.39, 0.29) is 39.4 Å². The van der Waals surface area contributed by atoms with Gasteiger partial charge in [-0.25, -0.2) is 19.1 Å². The Kier molecular flexibility index (Phi) is 9.70. The molecule has 0 bridgehead atoms. The van der Waals surface area contributed by atoms with Crippen molar-refractivity contribution in [2.45, 2.75) is 37.4 Å². The summed E-state index contributed by atoms with van der Waals surface area (Å²) in [5, 5.41) is 48.1. The molecule has 2 aliphatic heterocycles. The molecule has 8 N–H and O–H groups in total. The van der Waals surface area contributed by atoms with Crippen molar-refractivity contribution in [3.05, 3.63) is 69.6 Å². The first kappa shape index (κ1) is 34.9. The number of rotatable bonds is 11. The predicted molar refractivity (Wildman–Crippen MR) is 175 cm³/mol. The monoisotopic (exact) mass is 732 g/mol. The van der Waals surface area contributed by atoms with Crippen LogP contribution in [0.25, 0.3) is 0 Å². The molecule has 1 aromatic carbocycles. The number of phenols is 2. The van der Waals surface area contributed by atoms with Gasteiger partial charge >= 0.3 is 11.9 Å². The van der Waals surface area contributed by atoms with Crippen molar-refractivity contribution in [3.8, 4) is 11.5 Å². The van der Waals surface area contributed by atoms with Gasteiger partial charge in [0.2, 0.25) is 5.60 Å². The highest BCUT2D eigenvalue weighted by Gasteiger charge is 2.55. The van der Waals surface area contributed by atoms with Crippen LogP contribution in [-0.4, -0.2) is 88.5 Å². The maximum Gasteiger partial charge on any atom is 0.352 e. The molecule has 17 nitrogen and oxygen atoms in total. The average Bonchev–Trinajstić information content (AvgIpc) is 3.48. The Morgan fingerprint density at radius 1 is 1.18 bits per heavy atom. The number of phenolic OH excluding ortho intramolecular Hbond substituents is 2. The van der Waals surface area contributed by atoms with Crippen molar-refractivity contribution in [3.63, 3.8) is 0 Å². The lowest BCUT2D eigenvalue weighted by molar-refractivity contribution is -0.688. The first-order valence-corrected chi connectivity index (χ1v) is 16.3. The summed E-state index contributed by atoms with van der Waals surface area (Å²) in [5.41, 5.74) is 3.91. The summed E-state index contributed by atoms with van der Waals surface area (Å²) in [7, 11) is 0. The lowest BCUT2D eigenvalue weighted by Crippen LogP contribution is -2.71. The van der Waals surface area contributed by atoms with Gasteiger partial charge in [-0.2, -0.15) is 0 Å². The van der Waals surface area contributed by atoms with E-state index in [1.165, 1.54) is 37.1 Å². The number of thioether (sulfide) groups is 1. The highest BCUT2D eigenvalue weighted by molar-refractivity contribution is 8.00. The van der Waals surface area contributed by atoms with Gasteiger partial charge in [0.25, 0.3) is 17.7 Å². The molecule has 1 fully saturated rings. The molecule has 0 spiro atoms. The molecule has 2 atom stereocenters. The molecule has 1 saturated heterocycles. The standard InChI is InChI=1S/C29H26ClN7O10S2/c1-29(2,27(45)46)47-35-18(15-11-49-28(31)33-15)23(41)34-19-24(42)37-20(26(43)44)12(10-48-25(19)37)9-36-7-5-13(6-8-36)32-22(40)14-3-4-16(38)21(39)17(14)30/h3-8,11,19,25H,9-10H2,1-2H3,(H7,31,33,34,35,38,39,40,41,43,44,45,46)/p+1/t19-,25-/m1/s1. The Labute approximate surface area is 289 Å². The van der Waals surface area contributed by atoms with Crippen molar-refractivity contribution < 1.29 is 53.8 Å². The Hall–Kier alpha value is -5.40. The van der Waals surface area contributed by atoms with Crippen LogP contribution < -0.4 is 20.9 Å².